The summed E-state index contributed by atoms with van der Waals surface area (Å²) in [6.07, 6.45) is 5.06. The van der Waals surface area contributed by atoms with Crippen molar-refractivity contribution in [1.82, 2.24) is 5.32 Å². The Balaban J connectivity index is 0.00000289. The summed E-state index contributed by atoms with van der Waals surface area (Å²) in [6.45, 7) is 9.52. The first-order valence-corrected chi connectivity index (χ1v) is 6.84. The average molecular weight is 277 g/mol. The molecule has 1 fully saturated rings. The van der Waals surface area contributed by atoms with Crippen LogP contribution in [0.3, 0.4) is 0 Å². The van der Waals surface area contributed by atoms with E-state index in [1.165, 1.54) is 25.7 Å². The number of nitrogens with one attached hydrogen (secondary N) is 1. The molecule has 4 heteroatoms. The summed E-state index contributed by atoms with van der Waals surface area (Å²) >= 11 is 0. The lowest BCUT2D eigenvalue weighted by Gasteiger charge is -2.37. The van der Waals surface area contributed by atoms with Crippen molar-refractivity contribution in [3.63, 3.8) is 0 Å². The van der Waals surface area contributed by atoms with Crippen molar-refractivity contribution in [2.45, 2.75) is 59.4 Å². The minimum Gasteiger partial charge on any atom is -0.354 e. The monoisotopic (exact) mass is 276 g/mol. The number of halogens is 1. The molecule has 1 aliphatic carbocycles. The maximum absolute atomic E-state index is 11.4. The van der Waals surface area contributed by atoms with Gasteiger partial charge >= 0.3 is 0 Å². The Labute approximate surface area is 118 Å². The molecule has 108 valence electrons. The predicted molar refractivity (Wildman–Crippen MR) is 78.8 cm³/mol. The van der Waals surface area contributed by atoms with Crippen LogP contribution in [0.25, 0.3) is 0 Å². The number of hydrogen-bond donors (Lipinski definition) is 2. The van der Waals surface area contributed by atoms with Gasteiger partial charge in [0.25, 0.3) is 0 Å². The van der Waals surface area contributed by atoms with E-state index < -0.39 is 0 Å². The Kier molecular flexibility index (Phi) is 7.23. The fourth-order valence-electron chi connectivity index (χ4n) is 2.64. The average Bonchev–Trinajstić information content (AvgIpc) is 2.25. The molecule has 3 N–H and O–H groups in total. The number of rotatable bonds is 3. The molecule has 0 aliphatic heterocycles. The van der Waals surface area contributed by atoms with Gasteiger partial charge in [-0.3, -0.25) is 4.79 Å². The molecule has 1 aliphatic rings. The van der Waals surface area contributed by atoms with Gasteiger partial charge in [-0.2, -0.15) is 0 Å². The van der Waals surface area contributed by atoms with E-state index in [1.54, 1.807) is 6.92 Å². The first kappa shape index (κ1) is 17.7. The number of carbonyl (C=O) groups is 1. The Morgan fingerprint density at radius 2 is 1.78 bits per heavy atom. The van der Waals surface area contributed by atoms with Gasteiger partial charge in [0, 0.05) is 6.54 Å². The Morgan fingerprint density at radius 1 is 1.28 bits per heavy atom. The van der Waals surface area contributed by atoms with E-state index in [0.717, 1.165) is 12.5 Å². The first-order valence-electron chi connectivity index (χ1n) is 6.84. The van der Waals surface area contributed by atoms with Crippen LogP contribution in [0.4, 0.5) is 0 Å². The molecule has 0 aromatic carbocycles. The Morgan fingerprint density at radius 3 is 2.17 bits per heavy atom. The molecule has 1 saturated carbocycles. The molecule has 0 aromatic heterocycles. The smallest absolute Gasteiger partial charge is 0.236 e. The summed E-state index contributed by atoms with van der Waals surface area (Å²) in [4.78, 5) is 11.4. The zero-order valence-electron chi connectivity index (χ0n) is 12.2. The molecule has 0 radical (unpaired) electrons. The van der Waals surface area contributed by atoms with E-state index in [9.17, 15) is 4.79 Å². The van der Waals surface area contributed by atoms with Gasteiger partial charge in [0.15, 0.2) is 0 Å². The van der Waals surface area contributed by atoms with Crippen LogP contribution in [0.2, 0.25) is 0 Å². The summed E-state index contributed by atoms with van der Waals surface area (Å²) in [5.74, 6) is 1.46. The highest BCUT2D eigenvalue weighted by molar-refractivity contribution is 5.85. The molecule has 0 aromatic rings. The lowest BCUT2D eigenvalue weighted by atomic mass is 9.70. The molecule has 18 heavy (non-hydrogen) atoms. The zero-order valence-corrected chi connectivity index (χ0v) is 13.0. The minimum absolute atomic E-state index is 0. The minimum atomic E-state index is -0.388. The molecule has 0 saturated heterocycles. The third-order valence-electron chi connectivity index (χ3n) is 4.05. The van der Waals surface area contributed by atoms with Crippen molar-refractivity contribution < 1.29 is 4.79 Å². The lowest BCUT2D eigenvalue weighted by molar-refractivity contribution is -0.122. The van der Waals surface area contributed by atoms with Crippen LogP contribution in [0, 0.1) is 17.3 Å². The predicted octanol–water partition coefficient (Wildman–Crippen LogP) is 2.72. The largest absolute Gasteiger partial charge is 0.354 e. The van der Waals surface area contributed by atoms with Gasteiger partial charge in [-0.15, -0.1) is 12.4 Å². The number of amides is 1. The maximum Gasteiger partial charge on any atom is 0.236 e. The number of carbonyl (C=O) groups excluding carboxylic acids is 1. The van der Waals surface area contributed by atoms with E-state index in [2.05, 4.69) is 26.1 Å². The second-order valence-electron chi connectivity index (χ2n) is 6.62. The fraction of sp³-hybridized carbons (Fsp3) is 0.929. The molecular weight excluding hydrogens is 248 g/mol. The van der Waals surface area contributed by atoms with Crippen LogP contribution in [0.15, 0.2) is 0 Å². The first-order chi connectivity index (χ1) is 7.80. The molecule has 1 atom stereocenters. The second kappa shape index (κ2) is 7.34. The van der Waals surface area contributed by atoms with Crippen molar-refractivity contribution in [1.29, 1.82) is 0 Å². The van der Waals surface area contributed by atoms with Gasteiger partial charge in [-0.25, -0.2) is 0 Å². The topological polar surface area (TPSA) is 55.1 Å². The third kappa shape index (κ3) is 5.57. The van der Waals surface area contributed by atoms with Crippen LogP contribution in [-0.4, -0.2) is 18.5 Å². The van der Waals surface area contributed by atoms with Gasteiger partial charge in [0.1, 0.15) is 0 Å². The van der Waals surface area contributed by atoms with Crippen molar-refractivity contribution in [3.05, 3.63) is 0 Å². The highest BCUT2D eigenvalue weighted by atomic mass is 35.5. The molecule has 1 amide bonds. The van der Waals surface area contributed by atoms with Crippen LogP contribution >= 0.6 is 12.4 Å². The summed E-state index contributed by atoms with van der Waals surface area (Å²) in [6, 6.07) is -0.388. The highest BCUT2D eigenvalue weighted by Gasteiger charge is 2.29. The fourth-order valence-corrected chi connectivity index (χ4v) is 2.64. The van der Waals surface area contributed by atoms with Gasteiger partial charge in [-0.05, 0) is 49.9 Å². The van der Waals surface area contributed by atoms with Gasteiger partial charge in [0.05, 0.1) is 6.04 Å². The maximum atomic E-state index is 11.4. The normalized spacial score (nSPS) is 26.1. The third-order valence-corrected chi connectivity index (χ3v) is 4.05. The quantitative estimate of drug-likeness (QED) is 0.833. The van der Waals surface area contributed by atoms with E-state index >= 15 is 0 Å². The molecule has 0 heterocycles. The molecule has 3 nitrogen and oxygen atoms in total. The number of hydrogen-bond acceptors (Lipinski definition) is 2. The van der Waals surface area contributed by atoms with Crippen LogP contribution in [0.1, 0.15) is 53.4 Å². The van der Waals surface area contributed by atoms with Crippen LogP contribution < -0.4 is 11.1 Å². The van der Waals surface area contributed by atoms with E-state index in [-0.39, 0.29) is 24.4 Å². The lowest BCUT2D eigenvalue weighted by Crippen LogP contribution is -2.41. The molecule has 1 rings (SSSR count). The van der Waals surface area contributed by atoms with Gasteiger partial charge in [0.2, 0.25) is 5.91 Å². The Hall–Kier alpha value is -0.280. The summed E-state index contributed by atoms with van der Waals surface area (Å²) in [5, 5.41) is 2.94. The van der Waals surface area contributed by atoms with Crippen molar-refractivity contribution in [2.75, 3.05) is 6.54 Å². The van der Waals surface area contributed by atoms with E-state index in [4.69, 9.17) is 5.73 Å². The van der Waals surface area contributed by atoms with Gasteiger partial charge in [-0.1, -0.05) is 20.8 Å². The van der Waals surface area contributed by atoms with E-state index in [1.807, 2.05) is 0 Å². The second-order valence-corrected chi connectivity index (χ2v) is 6.62. The van der Waals surface area contributed by atoms with Crippen molar-refractivity contribution in [2.24, 2.45) is 23.0 Å². The number of nitrogens with two attached hydrogens (primary N) is 1. The summed E-state index contributed by atoms with van der Waals surface area (Å²) in [7, 11) is 0. The zero-order chi connectivity index (χ0) is 13.1. The molecule has 0 bridgehead atoms. The van der Waals surface area contributed by atoms with Gasteiger partial charge < -0.3 is 11.1 Å². The molecule has 0 spiro atoms. The van der Waals surface area contributed by atoms with Crippen LogP contribution in [-0.2, 0) is 4.79 Å². The molecular formula is C14H29ClN2O. The highest BCUT2D eigenvalue weighted by Crippen LogP contribution is 2.39. The van der Waals surface area contributed by atoms with E-state index in [0.29, 0.717) is 11.3 Å². The SMILES string of the molecule is C[C@H](N)C(=O)NCC1CCC(C(C)(C)C)CC1.Cl. The van der Waals surface area contributed by atoms with Crippen molar-refractivity contribution >= 4 is 18.3 Å². The molecule has 0 unspecified atom stereocenters. The van der Waals surface area contributed by atoms with Crippen molar-refractivity contribution in [3.8, 4) is 0 Å². The standard InChI is InChI=1S/C14H28N2O.ClH/c1-10(15)13(17)16-9-11-5-7-12(8-6-11)14(2,3)4;/h10-12H,5-9,15H2,1-4H3,(H,16,17);1H/t10-,11?,12?;/m0./s1. The Bertz CT molecular complexity index is 253. The van der Waals surface area contributed by atoms with Crippen LogP contribution in [0.5, 0.6) is 0 Å². The summed E-state index contributed by atoms with van der Waals surface area (Å²) in [5.41, 5.74) is 5.95. The summed E-state index contributed by atoms with van der Waals surface area (Å²) < 4.78 is 0.